The Hall–Kier alpha value is -1.39. The molecule has 4 heteroatoms. The minimum atomic E-state index is -0.352. The molecule has 0 aromatic heterocycles. The number of rotatable bonds is 3. The summed E-state index contributed by atoms with van der Waals surface area (Å²) in [6, 6.07) is 10.5. The number of fused-ring (bicyclic) bond motifs is 2. The van der Waals surface area contributed by atoms with Crippen molar-refractivity contribution in [2.45, 2.75) is 56.1 Å². The third-order valence-corrected chi connectivity index (χ3v) is 6.65. The topological polar surface area (TPSA) is 60.8 Å². The molecule has 3 aliphatic rings. The molecule has 0 spiro atoms. The zero-order valence-corrected chi connectivity index (χ0v) is 14.1. The van der Waals surface area contributed by atoms with Gasteiger partial charge >= 0.3 is 0 Å². The van der Waals surface area contributed by atoms with Gasteiger partial charge in [0.1, 0.15) is 0 Å². The summed E-state index contributed by atoms with van der Waals surface area (Å²) in [6.07, 6.45) is 4.95. The quantitative estimate of drug-likeness (QED) is 0.893. The summed E-state index contributed by atoms with van der Waals surface area (Å²) >= 11 is 0. The third-order valence-electron chi connectivity index (χ3n) is 6.65. The van der Waals surface area contributed by atoms with E-state index in [1.807, 2.05) is 6.07 Å². The van der Waals surface area contributed by atoms with Crippen molar-refractivity contribution in [3.8, 4) is 0 Å². The minimum absolute atomic E-state index is 0.142. The van der Waals surface area contributed by atoms with Crippen LogP contribution in [0.25, 0.3) is 0 Å². The molecule has 4 rings (SSSR count). The van der Waals surface area contributed by atoms with Crippen LogP contribution in [-0.4, -0.2) is 46.3 Å². The summed E-state index contributed by atoms with van der Waals surface area (Å²) in [7, 11) is 0. The Morgan fingerprint density at radius 3 is 2.25 bits per heavy atom. The molecule has 2 atom stereocenters. The molecule has 1 amide bonds. The number of benzene rings is 1. The molecular formula is C20H27NO3. The summed E-state index contributed by atoms with van der Waals surface area (Å²) in [4.78, 5) is 14.7. The van der Waals surface area contributed by atoms with Crippen LogP contribution in [0.4, 0.5) is 0 Å². The molecule has 1 aromatic rings. The van der Waals surface area contributed by atoms with Gasteiger partial charge in [-0.2, -0.15) is 0 Å². The van der Waals surface area contributed by atoms with Gasteiger partial charge in [-0.05, 0) is 43.1 Å². The lowest BCUT2D eigenvalue weighted by molar-refractivity contribution is -0.146. The van der Waals surface area contributed by atoms with Crippen LogP contribution in [0.2, 0.25) is 0 Å². The van der Waals surface area contributed by atoms with Gasteiger partial charge in [0.2, 0.25) is 5.91 Å². The van der Waals surface area contributed by atoms with Crippen LogP contribution < -0.4 is 0 Å². The highest BCUT2D eigenvalue weighted by atomic mass is 16.3. The van der Waals surface area contributed by atoms with Crippen LogP contribution in [0.5, 0.6) is 0 Å². The van der Waals surface area contributed by atoms with Gasteiger partial charge < -0.3 is 15.1 Å². The summed E-state index contributed by atoms with van der Waals surface area (Å²) in [5, 5.41) is 19.8. The lowest BCUT2D eigenvalue weighted by Gasteiger charge is -2.55. The molecule has 1 saturated heterocycles. The molecular weight excluding hydrogens is 302 g/mol. The molecule has 4 nitrogen and oxygen atoms in total. The molecule has 2 bridgehead atoms. The first-order valence-corrected chi connectivity index (χ1v) is 9.29. The number of β-amino-alcohol motifs (C(OH)–C–C–N with tert-alkyl or cyclic N) is 1. The van der Waals surface area contributed by atoms with Gasteiger partial charge in [-0.1, -0.05) is 36.8 Å². The van der Waals surface area contributed by atoms with E-state index in [0.717, 1.165) is 25.7 Å². The molecule has 2 saturated carbocycles. The second-order valence-corrected chi connectivity index (χ2v) is 7.99. The average molecular weight is 329 g/mol. The Morgan fingerprint density at radius 1 is 1.04 bits per heavy atom. The van der Waals surface area contributed by atoms with Gasteiger partial charge in [0.05, 0.1) is 12.2 Å². The highest BCUT2D eigenvalue weighted by molar-refractivity contribution is 5.79. The van der Waals surface area contributed by atoms with Gasteiger partial charge in [0.25, 0.3) is 0 Å². The maximum atomic E-state index is 12.9. The molecule has 1 aliphatic heterocycles. The second-order valence-electron chi connectivity index (χ2n) is 7.99. The van der Waals surface area contributed by atoms with Crippen molar-refractivity contribution in [2.75, 3.05) is 13.1 Å². The second kappa shape index (κ2) is 6.16. The van der Waals surface area contributed by atoms with Crippen LogP contribution in [0.1, 0.15) is 44.1 Å². The van der Waals surface area contributed by atoms with E-state index in [1.54, 1.807) is 4.90 Å². The number of aliphatic hydroxyl groups excluding tert-OH is 2. The fourth-order valence-electron chi connectivity index (χ4n) is 5.50. The van der Waals surface area contributed by atoms with E-state index in [1.165, 1.54) is 12.0 Å². The maximum Gasteiger partial charge on any atom is 0.223 e. The molecule has 2 aliphatic carbocycles. The maximum absolute atomic E-state index is 12.9. The summed E-state index contributed by atoms with van der Waals surface area (Å²) < 4.78 is 0. The largest absolute Gasteiger partial charge is 0.393 e. The molecule has 2 N–H and O–H groups in total. The predicted molar refractivity (Wildman–Crippen MR) is 91.4 cm³/mol. The van der Waals surface area contributed by atoms with Gasteiger partial charge in [-0.25, -0.2) is 0 Å². The first kappa shape index (κ1) is 16.1. The van der Waals surface area contributed by atoms with E-state index in [4.69, 9.17) is 0 Å². The highest BCUT2D eigenvalue weighted by Gasteiger charge is 2.54. The van der Waals surface area contributed by atoms with E-state index in [9.17, 15) is 15.0 Å². The SMILES string of the molecule is O=C(CC1(c2ccccc2)C2CCCC1CC(O)C2)N1CC(O)C1. The van der Waals surface area contributed by atoms with Crippen LogP contribution in [0.15, 0.2) is 30.3 Å². The van der Waals surface area contributed by atoms with Crippen LogP contribution in [0.3, 0.4) is 0 Å². The molecule has 0 radical (unpaired) electrons. The van der Waals surface area contributed by atoms with Crippen molar-refractivity contribution in [3.63, 3.8) is 0 Å². The van der Waals surface area contributed by atoms with Crippen molar-refractivity contribution >= 4 is 5.91 Å². The fourth-order valence-corrected chi connectivity index (χ4v) is 5.50. The standard InChI is InChI=1S/C20H27NO3/c22-17-9-15-7-4-8-16(10-17)20(15,14-5-2-1-3-6-14)11-19(24)21-12-18(23)13-21/h1-3,5-6,15-18,22-23H,4,7-13H2. The highest BCUT2D eigenvalue weighted by Crippen LogP contribution is 2.56. The summed E-state index contributed by atoms with van der Waals surface area (Å²) in [5.41, 5.74) is 1.12. The number of hydrogen-bond acceptors (Lipinski definition) is 3. The van der Waals surface area contributed by atoms with Crippen LogP contribution in [0, 0.1) is 11.8 Å². The first-order chi connectivity index (χ1) is 11.6. The van der Waals surface area contributed by atoms with Crippen molar-refractivity contribution < 1.29 is 15.0 Å². The Labute approximate surface area is 143 Å². The summed E-state index contributed by atoms with van der Waals surface area (Å²) in [6.45, 7) is 0.948. The first-order valence-electron chi connectivity index (χ1n) is 9.29. The number of carbonyl (C=O) groups excluding carboxylic acids is 1. The van der Waals surface area contributed by atoms with Crippen LogP contribution in [-0.2, 0) is 10.2 Å². The number of likely N-dealkylation sites (tertiary alicyclic amines) is 1. The van der Waals surface area contributed by atoms with Gasteiger partial charge in [-0.3, -0.25) is 4.79 Å². The molecule has 24 heavy (non-hydrogen) atoms. The predicted octanol–water partition coefficient (Wildman–Crippen LogP) is 2.09. The van der Waals surface area contributed by atoms with E-state index < -0.39 is 0 Å². The van der Waals surface area contributed by atoms with Gasteiger partial charge in [-0.15, -0.1) is 0 Å². The van der Waals surface area contributed by atoms with Crippen molar-refractivity contribution in [3.05, 3.63) is 35.9 Å². The molecule has 1 heterocycles. The Morgan fingerprint density at radius 2 is 1.67 bits per heavy atom. The van der Waals surface area contributed by atoms with Gasteiger partial charge in [0, 0.05) is 24.9 Å². The number of hydrogen-bond donors (Lipinski definition) is 2. The third kappa shape index (κ3) is 2.56. The van der Waals surface area contributed by atoms with Crippen molar-refractivity contribution in [1.29, 1.82) is 0 Å². The molecule has 2 unspecified atom stereocenters. The van der Waals surface area contributed by atoms with E-state index in [-0.39, 0.29) is 23.5 Å². The number of aliphatic hydroxyl groups is 2. The molecule has 3 fully saturated rings. The van der Waals surface area contributed by atoms with Crippen molar-refractivity contribution in [1.82, 2.24) is 4.90 Å². The average Bonchev–Trinajstić information content (AvgIpc) is 2.53. The smallest absolute Gasteiger partial charge is 0.223 e. The van der Waals surface area contributed by atoms with Crippen LogP contribution >= 0.6 is 0 Å². The Kier molecular flexibility index (Phi) is 4.13. The Bertz CT molecular complexity index is 582. The fraction of sp³-hybridized carbons (Fsp3) is 0.650. The normalized spacial score (nSPS) is 36.2. The monoisotopic (exact) mass is 329 g/mol. The zero-order valence-electron chi connectivity index (χ0n) is 14.1. The zero-order chi connectivity index (χ0) is 16.7. The summed E-state index contributed by atoms with van der Waals surface area (Å²) in [5.74, 6) is 0.910. The molecule has 130 valence electrons. The minimum Gasteiger partial charge on any atom is -0.393 e. The number of carbonyl (C=O) groups is 1. The number of amides is 1. The van der Waals surface area contributed by atoms with E-state index >= 15 is 0 Å². The molecule has 1 aromatic carbocycles. The van der Waals surface area contributed by atoms with E-state index in [2.05, 4.69) is 24.3 Å². The van der Waals surface area contributed by atoms with Crippen molar-refractivity contribution in [2.24, 2.45) is 11.8 Å². The lowest BCUT2D eigenvalue weighted by Crippen LogP contribution is -2.58. The number of nitrogens with zero attached hydrogens (tertiary/aromatic N) is 1. The Balaban J connectivity index is 1.69. The lowest BCUT2D eigenvalue weighted by atomic mass is 9.50. The van der Waals surface area contributed by atoms with Gasteiger partial charge in [0.15, 0.2) is 0 Å². The van der Waals surface area contributed by atoms with E-state index in [0.29, 0.717) is 31.3 Å².